The lowest BCUT2D eigenvalue weighted by Crippen LogP contribution is -2.30. The van der Waals surface area contributed by atoms with Gasteiger partial charge in [-0.15, -0.1) is 0 Å². The molecule has 1 aliphatic heterocycles. The van der Waals surface area contributed by atoms with Gasteiger partial charge in [0.15, 0.2) is 0 Å². The largest absolute Gasteiger partial charge is 0.453 e. The van der Waals surface area contributed by atoms with Crippen LogP contribution in [0.1, 0.15) is 47.1 Å². The lowest BCUT2D eigenvalue weighted by Gasteiger charge is -2.16. The molecule has 3 aromatic rings. The Labute approximate surface area is 221 Å². The van der Waals surface area contributed by atoms with E-state index in [1.54, 1.807) is 24.3 Å². The van der Waals surface area contributed by atoms with Gasteiger partial charge in [-0.05, 0) is 55.7 Å². The lowest BCUT2D eigenvalue weighted by atomic mass is 10.1. The number of carbonyl (C=O) groups is 3. The molecule has 198 valence electrons. The minimum atomic E-state index is -0.978. The zero-order chi connectivity index (χ0) is 27.4. The Bertz CT molecular complexity index is 1420. The van der Waals surface area contributed by atoms with E-state index >= 15 is 0 Å². The number of imidazole rings is 1. The van der Waals surface area contributed by atoms with E-state index < -0.39 is 35.2 Å². The number of rotatable bonds is 3. The van der Waals surface area contributed by atoms with E-state index in [2.05, 4.69) is 30.7 Å². The lowest BCUT2D eigenvalue weighted by molar-refractivity contribution is -0.116. The molecule has 38 heavy (non-hydrogen) atoms. The van der Waals surface area contributed by atoms with Crippen LogP contribution in [-0.4, -0.2) is 35.0 Å². The number of nitrogens with one attached hydrogen (secondary N) is 4. The molecule has 1 aromatic heterocycles. The maximum Gasteiger partial charge on any atom is 0.411 e. The highest BCUT2D eigenvalue weighted by Crippen LogP contribution is 2.35. The Balaban J connectivity index is 1.73. The topological polar surface area (TPSA) is 125 Å². The zero-order valence-corrected chi connectivity index (χ0v) is 21.2. The molecule has 0 spiro atoms. The first-order valence-electron chi connectivity index (χ1n) is 11.6. The third kappa shape index (κ3) is 6.00. The Morgan fingerprint density at radius 1 is 1.16 bits per heavy atom. The molecule has 3 amide bonds. The summed E-state index contributed by atoms with van der Waals surface area (Å²) in [5, 5.41) is 8.08. The number of aryl methyl sites for hydroxylation is 1. The number of nitrogens with zero attached hydrogens (tertiary/aromatic N) is 1. The molecular formula is C26H24ClF2N5O4. The van der Waals surface area contributed by atoms with Crippen LogP contribution in [0.25, 0.3) is 11.3 Å². The normalized spacial score (nSPS) is 16.1. The minimum absolute atomic E-state index is 0.108. The number of hydrogen-bond donors (Lipinski definition) is 4. The summed E-state index contributed by atoms with van der Waals surface area (Å²) in [5.41, 5.74) is 1.03. The number of hydrogen-bond acceptors (Lipinski definition) is 5. The van der Waals surface area contributed by atoms with Crippen molar-refractivity contribution >= 4 is 40.9 Å². The van der Waals surface area contributed by atoms with Crippen LogP contribution in [-0.2, 0) is 9.53 Å². The second-order valence-corrected chi connectivity index (χ2v) is 8.96. The number of anilines is 2. The van der Waals surface area contributed by atoms with Crippen LogP contribution in [0.15, 0.2) is 42.5 Å². The van der Waals surface area contributed by atoms with E-state index in [1.807, 2.05) is 0 Å². The molecule has 0 saturated carbocycles. The first-order valence-corrected chi connectivity index (χ1v) is 12.0. The van der Waals surface area contributed by atoms with Crippen molar-refractivity contribution in [3.05, 3.63) is 76.2 Å². The fourth-order valence-corrected chi connectivity index (χ4v) is 4.22. The second-order valence-electron chi connectivity index (χ2n) is 8.59. The van der Waals surface area contributed by atoms with Gasteiger partial charge in [0.2, 0.25) is 5.91 Å². The molecule has 2 bridgehead atoms. The maximum atomic E-state index is 14.4. The minimum Gasteiger partial charge on any atom is -0.453 e. The van der Waals surface area contributed by atoms with Crippen LogP contribution in [0, 0.1) is 18.6 Å². The van der Waals surface area contributed by atoms with Gasteiger partial charge in [0.25, 0.3) is 5.91 Å². The molecule has 2 heterocycles. The number of aromatic amines is 1. The Kier molecular flexibility index (Phi) is 8.06. The van der Waals surface area contributed by atoms with Gasteiger partial charge in [-0.3, -0.25) is 14.9 Å². The molecule has 4 rings (SSSR count). The van der Waals surface area contributed by atoms with E-state index in [0.717, 1.165) is 12.1 Å². The Hall–Kier alpha value is -4.25. The molecule has 9 nitrogen and oxygen atoms in total. The van der Waals surface area contributed by atoms with Crippen molar-refractivity contribution in [3.63, 3.8) is 0 Å². The van der Waals surface area contributed by atoms with Gasteiger partial charge in [-0.25, -0.2) is 18.6 Å². The Morgan fingerprint density at radius 2 is 1.89 bits per heavy atom. The number of aromatic nitrogens is 2. The highest BCUT2D eigenvalue weighted by molar-refractivity contribution is 6.32. The van der Waals surface area contributed by atoms with Gasteiger partial charge in [-0.1, -0.05) is 23.8 Å². The monoisotopic (exact) mass is 543 g/mol. The summed E-state index contributed by atoms with van der Waals surface area (Å²) in [5.74, 6) is -2.95. The van der Waals surface area contributed by atoms with Crippen LogP contribution in [0.5, 0.6) is 0 Å². The van der Waals surface area contributed by atoms with Crippen molar-refractivity contribution < 1.29 is 27.9 Å². The number of carbonyl (C=O) groups excluding carboxylic acids is 3. The number of H-pyrrole nitrogens is 1. The summed E-state index contributed by atoms with van der Waals surface area (Å²) < 4.78 is 33.5. The van der Waals surface area contributed by atoms with E-state index in [4.69, 9.17) is 11.6 Å². The average Bonchev–Trinajstić information content (AvgIpc) is 3.23. The van der Waals surface area contributed by atoms with Crippen molar-refractivity contribution in [2.45, 2.75) is 32.2 Å². The summed E-state index contributed by atoms with van der Waals surface area (Å²) in [6.07, 6.45) is 3.56. The predicted octanol–water partition coefficient (Wildman–Crippen LogP) is 5.64. The molecule has 1 atom stereocenters. The SMILES string of the molecule is COC(=O)Nc1ccc2c(c1)NC(=O)CC/C=C/C[C@H](NC(=O)c1c(F)cc(C)cc1F)c1nc-2c(Cl)[nH]1. The van der Waals surface area contributed by atoms with Crippen LogP contribution in [0.2, 0.25) is 5.15 Å². The van der Waals surface area contributed by atoms with Crippen molar-refractivity contribution in [2.75, 3.05) is 17.7 Å². The van der Waals surface area contributed by atoms with Gasteiger partial charge < -0.3 is 20.4 Å². The van der Waals surface area contributed by atoms with Crippen LogP contribution in [0.3, 0.4) is 0 Å². The summed E-state index contributed by atoms with van der Waals surface area (Å²) in [6.45, 7) is 1.52. The number of fused-ring (bicyclic) bond motifs is 4. The maximum absolute atomic E-state index is 14.4. The molecule has 2 aromatic carbocycles. The van der Waals surface area contributed by atoms with Gasteiger partial charge in [-0.2, -0.15) is 0 Å². The second kappa shape index (κ2) is 11.4. The van der Waals surface area contributed by atoms with E-state index in [-0.39, 0.29) is 35.4 Å². The third-order valence-electron chi connectivity index (χ3n) is 5.78. The molecule has 0 saturated heterocycles. The molecule has 0 aliphatic carbocycles. The predicted molar refractivity (Wildman–Crippen MR) is 138 cm³/mol. The van der Waals surface area contributed by atoms with Crippen LogP contribution >= 0.6 is 11.6 Å². The van der Waals surface area contributed by atoms with Crippen molar-refractivity contribution in [3.8, 4) is 11.3 Å². The average molecular weight is 544 g/mol. The smallest absolute Gasteiger partial charge is 0.411 e. The summed E-state index contributed by atoms with van der Waals surface area (Å²) in [4.78, 5) is 44.6. The number of allylic oxidation sites excluding steroid dienone is 1. The molecule has 0 unspecified atom stereocenters. The zero-order valence-electron chi connectivity index (χ0n) is 20.5. The molecule has 4 N–H and O–H groups in total. The summed E-state index contributed by atoms with van der Waals surface area (Å²) in [7, 11) is 1.23. The van der Waals surface area contributed by atoms with Crippen molar-refractivity contribution in [1.82, 2.24) is 15.3 Å². The molecule has 1 aliphatic rings. The Morgan fingerprint density at radius 3 is 2.61 bits per heavy atom. The first kappa shape index (κ1) is 26.8. The highest BCUT2D eigenvalue weighted by Gasteiger charge is 2.25. The van der Waals surface area contributed by atoms with Gasteiger partial charge in [0.1, 0.15) is 33.9 Å². The number of amides is 3. The molecule has 12 heteroatoms. The molecule has 0 radical (unpaired) electrons. The fourth-order valence-electron chi connectivity index (χ4n) is 3.98. The fraction of sp³-hybridized carbons (Fsp3) is 0.231. The summed E-state index contributed by atoms with van der Waals surface area (Å²) >= 11 is 6.48. The molecular weight excluding hydrogens is 520 g/mol. The van der Waals surface area contributed by atoms with Crippen molar-refractivity contribution in [1.29, 1.82) is 0 Å². The van der Waals surface area contributed by atoms with Crippen LogP contribution in [0.4, 0.5) is 25.0 Å². The first-order chi connectivity index (χ1) is 18.2. The van der Waals surface area contributed by atoms with Gasteiger partial charge >= 0.3 is 6.09 Å². The number of ether oxygens (including phenoxy) is 1. The third-order valence-corrected chi connectivity index (χ3v) is 6.06. The van der Waals surface area contributed by atoms with E-state index in [0.29, 0.717) is 28.9 Å². The standard InChI is InChI=1S/C26H24ClF2N5O4/c1-13-10-16(28)21(17(29)11-13)25(36)32-18-6-4-3-5-7-20(35)31-19-12-14(30-26(37)38-2)8-9-15(19)22-23(27)34-24(18)33-22/h3-4,8-12,18H,5-7H2,1-2H3,(H,30,37)(H,31,35)(H,32,36)(H,33,34)/b4-3+/t18-/m0/s1. The number of halogens is 3. The van der Waals surface area contributed by atoms with Crippen LogP contribution < -0.4 is 16.0 Å². The number of benzene rings is 2. The quantitative estimate of drug-likeness (QED) is 0.318. The van der Waals surface area contributed by atoms with Crippen molar-refractivity contribution in [2.24, 2.45) is 0 Å². The molecule has 0 fully saturated rings. The van der Waals surface area contributed by atoms with Gasteiger partial charge in [0, 0.05) is 17.7 Å². The van der Waals surface area contributed by atoms with Gasteiger partial charge in [0.05, 0.1) is 18.8 Å². The number of methoxy groups -OCH3 is 1. The van der Waals surface area contributed by atoms with E-state index in [1.165, 1.54) is 20.1 Å². The van der Waals surface area contributed by atoms with E-state index in [9.17, 15) is 23.2 Å². The summed E-state index contributed by atoms with van der Waals surface area (Å²) in [6, 6.07) is 6.05. The highest BCUT2D eigenvalue weighted by atomic mass is 35.5.